The SMILES string of the molecule is Clc1ccc(-c2c3nc(c(-c4ccc(Cl)cc4)c4ccc([nH]4)c(-c4ccc(OCCCCSc5nc6ccccc6s5)cc4)c4nc(c(-c5ccc(Cl)cc5)c5ccc2[nH]5)C=C4)C=C3)cc1. The lowest BCUT2D eigenvalue weighted by Gasteiger charge is -2.09. The van der Waals surface area contributed by atoms with Crippen molar-refractivity contribution in [2.75, 3.05) is 12.4 Å². The highest BCUT2D eigenvalue weighted by Gasteiger charge is 2.19. The maximum atomic E-state index is 6.45. The lowest BCUT2D eigenvalue weighted by atomic mass is 10.0. The molecule has 0 spiro atoms. The zero-order valence-corrected chi connectivity index (χ0v) is 39.1. The summed E-state index contributed by atoms with van der Waals surface area (Å²) in [6.07, 6.45) is 10.3. The summed E-state index contributed by atoms with van der Waals surface area (Å²) in [6, 6.07) is 48.8. The molecule has 0 amide bonds. The van der Waals surface area contributed by atoms with Gasteiger partial charge >= 0.3 is 0 Å². The first-order chi connectivity index (χ1) is 32.4. The maximum absolute atomic E-state index is 6.45. The number of nitrogens with one attached hydrogen (secondary N) is 2. The minimum atomic E-state index is 0.633. The smallest absolute Gasteiger partial charge is 0.151 e. The third-order valence-electron chi connectivity index (χ3n) is 11.6. The Kier molecular flexibility index (Phi) is 11.8. The number of thioether (sulfide) groups is 1. The van der Waals surface area contributed by atoms with Gasteiger partial charge in [-0.3, -0.25) is 0 Å². The van der Waals surface area contributed by atoms with Crippen molar-refractivity contribution < 1.29 is 4.74 Å². The fourth-order valence-electron chi connectivity index (χ4n) is 8.45. The molecular weight excluding hydrogens is 917 g/mol. The van der Waals surface area contributed by atoms with Gasteiger partial charge in [0.15, 0.2) is 4.34 Å². The van der Waals surface area contributed by atoms with E-state index in [1.54, 1.807) is 11.3 Å². The summed E-state index contributed by atoms with van der Waals surface area (Å²) in [6.45, 7) is 0.633. The first-order valence-electron chi connectivity index (χ1n) is 21.6. The number of aromatic amines is 2. The van der Waals surface area contributed by atoms with Gasteiger partial charge in [-0.1, -0.05) is 107 Å². The Morgan fingerprint density at radius 3 is 1.29 bits per heavy atom. The molecule has 66 heavy (non-hydrogen) atoms. The highest BCUT2D eigenvalue weighted by Crippen LogP contribution is 2.39. The first-order valence-corrected chi connectivity index (χ1v) is 24.5. The Morgan fingerprint density at radius 1 is 0.455 bits per heavy atom. The van der Waals surface area contributed by atoms with Gasteiger partial charge in [0, 0.05) is 65.1 Å². The monoisotopic (exact) mass is 953 g/mol. The number of nitrogens with zero attached hydrogens (tertiary/aromatic N) is 3. The molecule has 0 fully saturated rings. The second-order valence-electron chi connectivity index (χ2n) is 15.9. The summed E-state index contributed by atoms with van der Waals surface area (Å²) in [5.41, 5.74) is 15.6. The van der Waals surface area contributed by atoms with E-state index in [0.717, 1.165) is 124 Å². The number of hydrogen-bond donors (Lipinski definition) is 2. The topological polar surface area (TPSA) is 79.5 Å². The van der Waals surface area contributed by atoms with Gasteiger partial charge in [0.1, 0.15) is 5.75 Å². The molecule has 0 saturated heterocycles. The van der Waals surface area contributed by atoms with Crippen LogP contribution in [0, 0.1) is 0 Å². The van der Waals surface area contributed by atoms with E-state index in [-0.39, 0.29) is 0 Å². The second kappa shape index (κ2) is 18.5. The predicted octanol–water partition coefficient (Wildman–Crippen LogP) is 16.8. The van der Waals surface area contributed by atoms with Crippen LogP contribution in [0.1, 0.15) is 35.6 Å². The molecule has 2 aliphatic rings. The quantitative estimate of drug-likeness (QED) is 0.0997. The zero-order chi connectivity index (χ0) is 44.6. The molecule has 4 aromatic heterocycles. The molecule has 0 radical (unpaired) electrons. The molecule has 6 heterocycles. The number of ether oxygens (including phenoxy) is 1. The highest BCUT2D eigenvalue weighted by molar-refractivity contribution is 8.01. The Balaban J connectivity index is 1.03. The van der Waals surface area contributed by atoms with Crippen molar-refractivity contribution in [1.82, 2.24) is 24.9 Å². The molecule has 0 unspecified atom stereocenters. The summed E-state index contributed by atoms with van der Waals surface area (Å²) < 4.78 is 8.62. The van der Waals surface area contributed by atoms with E-state index in [1.807, 2.05) is 103 Å². The minimum Gasteiger partial charge on any atom is -0.494 e. The number of benzene rings is 5. The first kappa shape index (κ1) is 42.3. The predicted molar refractivity (Wildman–Crippen MR) is 281 cm³/mol. The summed E-state index contributed by atoms with van der Waals surface area (Å²) >= 11 is 22.9. The number of rotatable bonds is 11. The van der Waals surface area contributed by atoms with Crippen molar-refractivity contribution in [3.8, 4) is 50.3 Å². The molecule has 2 aliphatic heterocycles. The van der Waals surface area contributed by atoms with Crippen LogP contribution in [0.3, 0.4) is 0 Å². The number of thiazole rings is 1. The minimum absolute atomic E-state index is 0.633. The Hall–Kier alpha value is -6.39. The van der Waals surface area contributed by atoms with Crippen LogP contribution in [-0.2, 0) is 0 Å². The van der Waals surface area contributed by atoms with Gasteiger partial charge in [0.05, 0.1) is 39.6 Å². The fraction of sp³-hybridized carbons (Fsp3) is 0.0727. The summed E-state index contributed by atoms with van der Waals surface area (Å²) in [7, 11) is 0. The number of H-pyrrole nitrogens is 2. The molecule has 322 valence electrons. The van der Waals surface area contributed by atoms with Crippen LogP contribution < -0.4 is 4.74 Å². The van der Waals surface area contributed by atoms with Crippen molar-refractivity contribution >= 4 is 114 Å². The van der Waals surface area contributed by atoms with Crippen molar-refractivity contribution in [3.05, 3.63) is 183 Å². The molecule has 0 atom stereocenters. The average Bonchev–Trinajstić information content (AvgIpc) is 4.21. The molecule has 0 aliphatic carbocycles. The van der Waals surface area contributed by atoms with Gasteiger partial charge in [0.25, 0.3) is 0 Å². The molecule has 6 nitrogen and oxygen atoms in total. The van der Waals surface area contributed by atoms with E-state index in [0.29, 0.717) is 21.7 Å². The summed E-state index contributed by atoms with van der Waals surface area (Å²) in [5, 5.41) is 1.98. The maximum Gasteiger partial charge on any atom is 0.151 e. The second-order valence-corrected chi connectivity index (χ2v) is 19.6. The van der Waals surface area contributed by atoms with Crippen molar-refractivity contribution in [2.45, 2.75) is 17.2 Å². The molecule has 0 saturated carbocycles. The molecule has 2 N–H and O–H groups in total. The molecule has 11 rings (SSSR count). The molecule has 9 aromatic rings. The third-order valence-corrected chi connectivity index (χ3v) is 14.6. The highest BCUT2D eigenvalue weighted by atomic mass is 35.5. The van der Waals surface area contributed by atoms with E-state index in [1.165, 1.54) is 4.70 Å². The third kappa shape index (κ3) is 8.71. The zero-order valence-electron chi connectivity index (χ0n) is 35.2. The van der Waals surface area contributed by atoms with E-state index in [2.05, 4.69) is 88.9 Å². The number of fused-ring (bicyclic) bond motifs is 9. The van der Waals surface area contributed by atoms with Crippen LogP contribution in [-0.4, -0.2) is 37.3 Å². The number of hydrogen-bond acceptors (Lipinski definition) is 6. The van der Waals surface area contributed by atoms with Crippen LogP contribution in [0.2, 0.25) is 15.1 Å². The number of aromatic nitrogens is 5. The van der Waals surface area contributed by atoms with E-state index < -0.39 is 0 Å². The molecule has 11 heteroatoms. The standard InChI is InChI=1S/C55H38Cl3N5OS2/c56-37-15-7-33(8-16-37)51-42-23-25-44(59-42)52(34-9-17-38(57)18-10-34)46-27-29-48(61-46)54(49-30-28-47(62-49)53(45-26-24-43(51)60-45)35-11-19-39(58)20-12-35)36-13-21-40(22-14-36)64-31-3-4-32-65-55-63-41-5-1-2-6-50(41)66-55/h1-2,5-30,59,62H,3-4,31-32H2. The van der Waals surface area contributed by atoms with Crippen LogP contribution in [0.25, 0.3) is 101 Å². The van der Waals surface area contributed by atoms with Crippen LogP contribution in [0.4, 0.5) is 0 Å². The average molecular weight is 955 g/mol. The van der Waals surface area contributed by atoms with Crippen LogP contribution in [0.15, 0.2) is 150 Å². The Morgan fingerprint density at radius 2 is 0.864 bits per heavy atom. The molecule has 5 aromatic carbocycles. The lowest BCUT2D eigenvalue weighted by Crippen LogP contribution is -1.98. The van der Waals surface area contributed by atoms with Crippen LogP contribution in [0.5, 0.6) is 5.75 Å². The van der Waals surface area contributed by atoms with Crippen molar-refractivity contribution in [2.24, 2.45) is 0 Å². The molecule has 8 bridgehead atoms. The van der Waals surface area contributed by atoms with Gasteiger partial charge < -0.3 is 14.7 Å². The summed E-state index contributed by atoms with van der Waals surface area (Å²) in [5.74, 6) is 1.82. The van der Waals surface area contributed by atoms with Gasteiger partial charge in [-0.05, 0) is 144 Å². The number of unbranched alkanes of at least 4 members (excludes halogenated alkanes) is 1. The van der Waals surface area contributed by atoms with Gasteiger partial charge in [-0.15, -0.1) is 11.3 Å². The normalized spacial score (nSPS) is 12.0. The van der Waals surface area contributed by atoms with Gasteiger partial charge in [-0.2, -0.15) is 0 Å². The van der Waals surface area contributed by atoms with Gasteiger partial charge in [-0.25, -0.2) is 15.0 Å². The van der Waals surface area contributed by atoms with E-state index >= 15 is 0 Å². The van der Waals surface area contributed by atoms with Crippen LogP contribution >= 0.6 is 57.9 Å². The van der Waals surface area contributed by atoms with E-state index in [4.69, 9.17) is 54.5 Å². The van der Waals surface area contributed by atoms with E-state index in [9.17, 15) is 0 Å². The van der Waals surface area contributed by atoms with Crippen molar-refractivity contribution in [3.63, 3.8) is 0 Å². The van der Waals surface area contributed by atoms with Gasteiger partial charge in [0.2, 0.25) is 0 Å². The fourth-order valence-corrected chi connectivity index (χ4v) is 11.0. The largest absolute Gasteiger partial charge is 0.494 e. The van der Waals surface area contributed by atoms with Crippen molar-refractivity contribution in [1.29, 1.82) is 0 Å². The molecular formula is C55H38Cl3N5OS2. The number of halogens is 3. The Labute approximate surface area is 404 Å². The number of para-hydroxylation sites is 1. The summed E-state index contributed by atoms with van der Waals surface area (Å²) in [4.78, 5) is 23.2. The Bertz CT molecular complexity index is 3430. The lowest BCUT2D eigenvalue weighted by molar-refractivity contribution is 0.310.